The maximum absolute atomic E-state index is 5.49. The van der Waals surface area contributed by atoms with Crippen LogP contribution in [0.2, 0.25) is 0 Å². The third-order valence-electron chi connectivity index (χ3n) is 3.26. The molecule has 3 rings (SSSR count). The zero-order chi connectivity index (χ0) is 16.2. The summed E-state index contributed by atoms with van der Waals surface area (Å²) in [5.74, 6) is 2.91. The first kappa shape index (κ1) is 16.3. The van der Waals surface area contributed by atoms with Crippen LogP contribution in [0.1, 0.15) is 19.4 Å². The number of thioether (sulfide) groups is 1. The predicted molar refractivity (Wildman–Crippen MR) is 96.3 cm³/mol. The van der Waals surface area contributed by atoms with Gasteiger partial charge in [-0.25, -0.2) is 0 Å². The molecule has 120 valence electrons. The van der Waals surface area contributed by atoms with E-state index in [1.165, 1.54) is 5.56 Å². The molecule has 0 fully saturated rings. The zero-order valence-electron chi connectivity index (χ0n) is 13.1. The minimum absolute atomic E-state index is 0.505. The Bertz CT molecular complexity index is 768. The Morgan fingerprint density at radius 1 is 1.22 bits per heavy atom. The second kappa shape index (κ2) is 7.36. The van der Waals surface area contributed by atoms with Crippen molar-refractivity contribution < 1.29 is 4.42 Å². The maximum Gasteiger partial charge on any atom is 0.200 e. The van der Waals surface area contributed by atoms with E-state index in [9.17, 15) is 0 Å². The summed E-state index contributed by atoms with van der Waals surface area (Å²) in [6.45, 7) is 5.24. The summed E-state index contributed by atoms with van der Waals surface area (Å²) >= 11 is 5.21. The highest BCUT2D eigenvalue weighted by Gasteiger charge is 2.17. The molecule has 3 aromatic rings. The molecule has 1 aromatic carbocycles. The van der Waals surface area contributed by atoms with Crippen LogP contribution in [0.25, 0.3) is 11.6 Å². The molecule has 0 aliphatic rings. The highest BCUT2D eigenvalue weighted by molar-refractivity contribution is 9.10. The predicted octanol–water partition coefficient (Wildman–Crippen LogP) is 5.25. The van der Waals surface area contributed by atoms with Gasteiger partial charge in [-0.2, -0.15) is 0 Å². The van der Waals surface area contributed by atoms with E-state index < -0.39 is 0 Å². The van der Waals surface area contributed by atoms with Gasteiger partial charge in [0.05, 0.1) is 6.26 Å². The lowest BCUT2D eigenvalue weighted by Crippen LogP contribution is -2.07. The lowest BCUT2D eigenvalue weighted by atomic mass is 10.2. The summed E-state index contributed by atoms with van der Waals surface area (Å²) in [7, 11) is 0. The molecule has 2 heterocycles. The molecule has 0 saturated carbocycles. The van der Waals surface area contributed by atoms with Crippen molar-refractivity contribution in [3.8, 4) is 11.6 Å². The highest BCUT2D eigenvalue weighted by atomic mass is 79.9. The largest absolute Gasteiger partial charge is 0.461 e. The van der Waals surface area contributed by atoms with Gasteiger partial charge in [-0.15, -0.1) is 10.2 Å². The molecule has 6 heteroatoms. The fraction of sp³-hybridized carbons (Fsp3) is 0.294. The molecular weight excluding hydrogens is 374 g/mol. The van der Waals surface area contributed by atoms with E-state index in [1.807, 2.05) is 24.3 Å². The van der Waals surface area contributed by atoms with Crippen molar-refractivity contribution in [2.45, 2.75) is 31.3 Å². The first-order valence-electron chi connectivity index (χ1n) is 7.48. The smallest absolute Gasteiger partial charge is 0.200 e. The van der Waals surface area contributed by atoms with E-state index >= 15 is 0 Å². The molecule has 0 unspecified atom stereocenters. The van der Waals surface area contributed by atoms with E-state index in [-0.39, 0.29) is 0 Å². The molecule has 4 nitrogen and oxygen atoms in total. The minimum atomic E-state index is 0.505. The Morgan fingerprint density at radius 3 is 2.78 bits per heavy atom. The fourth-order valence-electron chi connectivity index (χ4n) is 2.29. The molecule has 0 atom stereocenters. The second-order valence-corrected chi connectivity index (χ2v) is 7.56. The van der Waals surface area contributed by atoms with Gasteiger partial charge in [-0.1, -0.05) is 53.7 Å². The van der Waals surface area contributed by atoms with Crippen molar-refractivity contribution in [1.82, 2.24) is 14.8 Å². The van der Waals surface area contributed by atoms with E-state index in [1.54, 1.807) is 18.0 Å². The van der Waals surface area contributed by atoms with Gasteiger partial charge in [0.1, 0.15) is 0 Å². The molecule has 0 bridgehead atoms. The van der Waals surface area contributed by atoms with Gasteiger partial charge >= 0.3 is 0 Å². The van der Waals surface area contributed by atoms with Crippen molar-refractivity contribution in [2.75, 3.05) is 0 Å². The zero-order valence-corrected chi connectivity index (χ0v) is 15.5. The van der Waals surface area contributed by atoms with Crippen LogP contribution in [-0.2, 0) is 12.3 Å². The summed E-state index contributed by atoms with van der Waals surface area (Å²) in [5.41, 5.74) is 1.25. The topological polar surface area (TPSA) is 43.9 Å². The Balaban J connectivity index is 1.84. The molecule has 0 saturated heterocycles. The van der Waals surface area contributed by atoms with E-state index in [4.69, 9.17) is 4.42 Å². The van der Waals surface area contributed by atoms with Gasteiger partial charge in [-0.3, -0.25) is 4.57 Å². The summed E-state index contributed by atoms with van der Waals surface area (Å²) < 4.78 is 8.73. The third-order valence-corrected chi connectivity index (χ3v) is 4.79. The molecule has 0 N–H and O–H groups in total. The molecule has 0 aliphatic heterocycles. The number of benzene rings is 1. The van der Waals surface area contributed by atoms with Crippen LogP contribution in [0, 0.1) is 5.92 Å². The number of furan rings is 1. The monoisotopic (exact) mass is 391 g/mol. The van der Waals surface area contributed by atoms with Crippen LogP contribution in [0.4, 0.5) is 0 Å². The van der Waals surface area contributed by atoms with Gasteiger partial charge in [-0.05, 0) is 35.7 Å². The van der Waals surface area contributed by atoms with Gasteiger partial charge in [0, 0.05) is 16.8 Å². The number of hydrogen-bond acceptors (Lipinski definition) is 4. The SMILES string of the molecule is CC(C)Cn1c(SCc2cccc(Br)c2)nnc1-c1ccco1. The Kier molecular flexibility index (Phi) is 5.23. The summed E-state index contributed by atoms with van der Waals surface area (Å²) in [5, 5.41) is 9.62. The summed E-state index contributed by atoms with van der Waals surface area (Å²) in [6.07, 6.45) is 1.66. The molecule has 0 aliphatic carbocycles. The van der Waals surface area contributed by atoms with Gasteiger partial charge in [0.15, 0.2) is 16.7 Å². The second-order valence-electron chi connectivity index (χ2n) is 5.71. The minimum Gasteiger partial charge on any atom is -0.461 e. The first-order valence-corrected chi connectivity index (χ1v) is 9.25. The number of rotatable bonds is 6. The molecule has 2 aromatic heterocycles. The van der Waals surface area contributed by atoms with Gasteiger partial charge < -0.3 is 4.42 Å². The number of halogens is 1. The number of aromatic nitrogens is 3. The number of nitrogens with zero attached hydrogens (tertiary/aromatic N) is 3. The normalized spacial score (nSPS) is 11.3. The van der Waals surface area contributed by atoms with Crippen molar-refractivity contribution in [3.05, 3.63) is 52.7 Å². The van der Waals surface area contributed by atoms with Crippen molar-refractivity contribution in [1.29, 1.82) is 0 Å². The van der Waals surface area contributed by atoms with Crippen LogP contribution < -0.4 is 0 Å². The average Bonchev–Trinajstić information content (AvgIpc) is 3.14. The van der Waals surface area contributed by atoms with E-state index in [2.05, 4.69) is 56.7 Å². The summed E-state index contributed by atoms with van der Waals surface area (Å²) in [6, 6.07) is 12.1. The van der Waals surface area contributed by atoms with E-state index in [0.29, 0.717) is 5.92 Å². The van der Waals surface area contributed by atoms with E-state index in [0.717, 1.165) is 33.5 Å². The quantitative estimate of drug-likeness (QED) is 0.538. The third kappa shape index (κ3) is 4.06. The van der Waals surface area contributed by atoms with Gasteiger partial charge in [0.25, 0.3) is 0 Å². The first-order chi connectivity index (χ1) is 11.1. The summed E-state index contributed by atoms with van der Waals surface area (Å²) in [4.78, 5) is 0. The van der Waals surface area contributed by atoms with Crippen LogP contribution >= 0.6 is 27.7 Å². The Labute approximate surface area is 148 Å². The molecule has 0 spiro atoms. The molecular formula is C17H18BrN3OS. The highest BCUT2D eigenvalue weighted by Crippen LogP contribution is 2.28. The Hall–Kier alpha value is -1.53. The van der Waals surface area contributed by atoms with Crippen molar-refractivity contribution in [3.63, 3.8) is 0 Å². The van der Waals surface area contributed by atoms with Gasteiger partial charge in [0.2, 0.25) is 0 Å². The van der Waals surface area contributed by atoms with Crippen LogP contribution in [0.15, 0.2) is 56.7 Å². The number of hydrogen-bond donors (Lipinski definition) is 0. The molecule has 23 heavy (non-hydrogen) atoms. The van der Waals surface area contributed by atoms with Crippen molar-refractivity contribution in [2.24, 2.45) is 5.92 Å². The lowest BCUT2D eigenvalue weighted by Gasteiger charge is -2.11. The lowest BCUT2D eigenvalue weighted by molar-refractivity contribution is 0.489. The molecule has 0 radical (unpaired) electrons. The fourth-order valence-corrected chi connectivity index (χ4v) is 3.63. The maximum atomic E-state index is 5.49. The average molecular weight is 392 g/mol. The Morgan fingerprint density at radius 2 is 2.09 bits per heavy atom. The van der Waals surface area contributed by atoms with Crippen LogP contribution in [0.5, 0.6) is 0 Å². The molecule has 0 amide bonds. The standard InChI is InChI=1S/C17H18BrN3OS/c1-12(2)10-21-16(15-7-4-8-22-15)19-20-17(21)23-11-13-5-3-6-14(18)9-13/h3-9,12H,10-11H2,1-2H3. The van der Waals surface area contributed by atoms with Crippen LogP contribution in [-0.4, -0.2) is 14.8 Å². The van der Waals surface area contributed by atoms with Crippen LogP contribution in [0.3, 0.4) is 0 Å². The van der Waals surface area contributed by atoms with Crippen molar-refractivity contribution >= 4 is 27.7 Å².